The Morgan fingerprint density at radius 2 is 2.36 bits per heavy atom. The van der Waals surface area contributed by atoms with E-state index in [0.717, 1.165) is 23.8 Å². The number of nitrogens with zero attached hydrogens (tertiary/aromatic N) is 2. The molecule has 0 aliphatic carbocycles. The van der Waals surface area contributed by atoms with Gasteiger partial charge in [0.1, 0.15) is 12.1 Å². The lowest BCUT2D eigenvalue weighted by Crippen LogP contribution is -1.99. The molecule has 72 valence electrons. The third-order valence-corrected chi connectivity index (χ3v) is 1.90. The lowest BCUT2D eigenvalue weighted by Gasteiger charge is -2.02. The molecule has 0 spiro atoms. The summed E-state index contributed by atoms with van der Waals surface area (Å²) in [5, 5.41) is 3.14. The molecule has 0 saturated carbocycles. The minimum absolute atomic E-state index is 0.854. The second kappa shape index (κ2) is 3.91. The van der Waals surface area contributed by atoms with E-state index >= 15 is 0 Å². The van der Waals surface area contributed by atoms with E-state index in [-0.39, 0.29) is 0 Å². The van der Waals surface area contributed by atoms with Crippen LogP contribution in [0.4, 0.5) is 5.82 Å². The van der Waals surface area contributed by atoms with Gasteiger partial charge in [-0.15, -0.1) is 0 Å². The lowest BCUT2D eigenvalue weighted by molar-refractivity contribution is 1.11. The molecule has 0 aromatic carbocycles. The Morgan fingerprint density at radius 1 is 1.43 bits per heavy atom. The van der Waals surface area contributed by atoms with E-state index < -0.39 is 0 Å². The summed E-state index contributed by atoms with van der Waals surface area (Å²) < 4.78 is 0. The van der Waals surface area contributed by atoms with Crippen LogP contribution in [0.5, 0.6) is 0 Å². The van der Waals surface area contributed by atoms with Crippen molar-refractivity contribution in [1.82, 2.24) is 15.0 Å². The van der Waals surface area contributed by atoms with E-state index in [1.165, 1.54) is 0 Å². The molecular weight excluding hydrogens is 176 g/mol. The number of rotatable bonds is 3. The van der Waals surface area contributed by atoms with Gasteiger partial charge in [0.05, 0.1) is 11.4 Å². The Bertz CT molecular complexity index is 394. The lowest BCUT2D eigenvalue weighted by atomic mass is 10.3. The first-order valence-corrected chi connectivity index (χ1v) is 4.60. The molecule has 0 unspecified atom stereocenters. The van der Waals surface area contributed by atoms with Crippen LogP contribution in [0.1, 0.15) is 6.92 Å². The van der Waals surface area contributed by atoms with Gasteiger partial charge in [0.15, 0.2) is 0 Å². The van der Waals surface area contributed by atoms with Gasteiger partial charge in [0.25, 0.3) is 0 Å². The summed E-state index contributed by atoms with van der Waals surface area (Å²) in [5.74, 6) is 0.854. The van der Waals surface area contributed by atoms with Gasteiger partial charge in [0, 0.05) is 18.8 Å². The highest BCUT2D eigenvalue weighted by atomic mass is 15.0. The average molecular weight is 188 g/mol. The van der Waals surface area contributed by atoms with E-state index in [1.807, 2.05) is 31.3 Å². The zero-order valence-electron chi connectivity index (χ0n) is 7.99. The molecule has 2 aromatic heterocycles. The van der Waals surface area contributed by atoms with Crippen molar-refractivity contribution >= 4 is 5.82 Å². The van der Waals surface area contributed by atoms with Crippen LogP contribution in [0.2, 0.25) is 0 Å². The third kappa shape index (κ3) is 1.74. The number of anilines is 1. The van der Waals surface area contributed by atoms with Crippen molar-refractivity contribution in [3.8, 4) is 11.4 Å². The molecule has 2 heterocycles. The molecule has 0 fully saturated rings. The van der Waals surface area contributed by atoms with Crippen LogP contribution in [-0.4, -0.2) is 21.5 Å². The van der Waals surface area contributed by atoms with Crippen molar-refractivity contribution < 1.29 is 0 Å². The first kappa shape index (κ1) is 8.74. The van der Waals surface area contributed by atoms with Crippen LogP contribution in [-0.2, 0) is 0 Å². The smallest absolute Gasteiger partial charge is 0.130 e. The highest BCUT2D eigenvalue weighted by molar-refractivity contribution is 5.58. The van der Waals surface area contributed by atoms with E-state index in [1.54, 1.807) is 6.33 Å². The van der Waals surface area contributed by atoms with Crippen LogP contribution in [0.15, 0.2) is 30.7 Å². The summed E-state index contributed by atoms with van der Waals surface area (Å²) in [7, 11) is 0. The highest BCUT2D eigenvalue weighted by Crippen LogP contribution is 2.15. The zero-order chi connectivity index (χ0) is 9.80. The van der Waals surface area contributed by atoms with Crippen molar-refractivity contribution in [3.05, 3.63) is 30.7 Å². The van der Waals surface area contributed by atoms with Gasteiger partial charge < -0.3 is 10.3 Å². The van der Waals surface area contributed by atoms with E-state index in [2.05, 4.69) is 20.3 Å². The molecule has 0 radical (unpaired) electrons. The van der Waals surface area contributed by atoms with Gasteiger partial charge in [-0.2, -0.15) is 0 Å². The molecule has 4 heteroatoms. The van der Waals surface area contributed by atoms with Gasteiger partial charge >= 0.3 is 0 Å². The Morgan fingerprint density at radius 3 is 3.07 bits per heavy atom. The van der Waals surface area contributed by atoms with Crippen LogP contribution in [0.3, 0.4) is 0 Å². The monoisotopic (exact) mass is 188 g/mol. The molecule has 2 rings (SSSR count). The number of nitrogens with one attached hydrogen (secondary N) is 2. The first-order valence-electron chi connectivity index (χ1n) is 4.60. The van der Waals surface area contributed by atoms with E-state index in [9.17, 15) is 0 Å². The zero-order valence-corrected chi connectivity index (χ0v) is 7.99. The molecule has 0 saturated heterocycles. The summed E-state index contributed by atoms with van der Waals surface area (Å²) in [5.41, 5.74) is 1.91. The quantitative estimate of drug-likeness (QED) is 0.773. The Hall–Kier alpha value is -1.84. The predicted octanol–water partition coefficient (Wildman–Crippen LogP) is 1.90. The van der Waals surface area contributed by atoms with Crippen LogP contribution >= 0.6 is 0 Å². The molecule has 2 aromatic rings. The fraction of sp³-hybridized carbons (Fsp3) is 0.200. The average Bonchev–Trinajstić information content (AvgIpc) is 2.71. The summed E-state index contributed by atoms with van der Waals surface area (Å²) in [4.78, 5) is 11.4. The molecular formula is C10H12N4. The van der Waals surface area contributed by atoms with Gasteiger partial charge in [-0.3, -0.25) is 0 Å². The van der Waals surface area contributed by atoms with Crippen LogP contribution in [0, 0.1) is 0 Å². The first-order chi connectivity index (χ1) is 6.90. The fourth-order valence-corrected chi connectivity index (χ4v) is 1.27. The second-order valence-electron chi connectivity index (χ2n) is 2.90. The summed E-state index contributed by atoms with van der Waals surface area (Å²) in [6.45, 7) is 2.90. The molecule has 14 heavy (non-hydrogen) atoms. The Balaban J connectivity index is 2.31. The minimum Gasteiger partial charge on any atom is -0.370 e. The van der Waals surface area contributed by atoms with Crippen molar-refractivity contribution in [2.45, 2.75) is 6.92 Å². The highest BCUT2D eigenvalue weighted by Gasteiger charge is 2.00. The van der Waals surface area contributed by atoms with Crippen molar-refractivity contribution in [2.24, 2.45) is 0 Å². The van der Waals surface area contributed by atoms with Gasteiger partial charge in [-0.1, -0.05) is 0 Å². The fourth-order valence-electron chi connectivity index (χ4n) is 1.27. The molecule has 0 aliphatic rings. The standard InChI is InChI=1S/C10H12N4/c1-2-11-10-6-9(13-7-14-10)8-4-3-5-12-8/h3-7,12H,2H2,1H3,(H,11,13,14). The second-order valence-corrected chi connectivity index (χ2v) is 2.90. The Kier molecular flexibility index (Phi) is 2.44. The number of hydrogen-bond acceptors (Lipinski definition) is 3. The molecule has 0 aliphatic heterocycles. The van der Waals surface area contributed by atoms with Crippen molar-refractivity contribution in [1.29, 1.82) is 0 Å². The molecule has 0 atom stereocenters. The molecule has 2 N–H and O–H groups in total. The topological polar surface area (TPSA) is 53.6 Å². The SMILES string of the molecule is CCNc1cc(-c2ccc[nH]2)ncn1. The summed E-state index contributed by atoms with van der Waals surface area (Å²) in [6.07, 6.45) is 3.44. The van der Waals surface area contributed by atoms with Gasteiger partial charge in [-0.05, 0) is 19.1 Å². The number of H-pyrrole nitrogens is 1. The van der Waals surface area contributed by atoms with Crippen molar-refractivity contribution in [2.75, 3.05) is 11.9 Å². The maximum absolute atomic E-state index is 4.18. The number of aromatic nitrogens is 3. The third-order valence-electron chi connectivity index (χ3n) is 1.90. The predicted molar refractivity (Wildman–Crippen MR) is 56.0 cm³/mol. The van der Waals surface area contributed by atoms with Crippen LogP contribution < -0.4 is 5.32 Å². The van der Waals surface area contributed by atoms with E-state index in [0.29, 0.717) is 0 Å². The van der Waals surface area contributed by atoms with E-state index in [4.69, 9.17) is 0 Å². The van der Waals surface area contributed by atoms with Crippen LogP contribution in [0.25, 0.3) is 11.4 Å². The van der Waals surface area contributed by atoms with Gasteiger partial charge in [0.2, 0.25) is 0 Å². The normalized spacial score (nSPS) is 10.1. The maximum Gasteiger partial charge on any atom is 0.130 e. The molecule has 0 bridgehead atoms. The summed E-state index contributed by atoms with van der Waals surface area (Å²) in [6, 6.07) is 5.86. The number of hydrogen-bond donors (Lipinski definition) is 2. The largest absolute Gasteiger partial charge is 0.370 e. The van der Waals surface area contributed by atoms with Crippen molar-refractivity contribution in [3.63, 3.8) is 0 Å². The Labute approximate surface area is 82.4 Å². The molecule has 4 nitrogen and oxygen atoms in total. The molecule has 0 amide bonds. The maximum atomic E-state index is 4.18. The minimum atomic E-state index is 0.854. The van der Waals surface area contributed by atoms with Gasteiger partial charge in [-0.25, -0.2) is 9.97 Å². The number of aromatic amines is 1. The summed E-state index contributed by atoms with van der Waals surface area (Å²) >= 11 is 0.